The van der Waals surface area contributed by atoms with E-state index in [0.29, 0.717) is 72.8 Å². The highest BCUT2D eigenvalue weighted by atomic mass is 16.8. The van der Waals surface area contributed by atoms with Crippen LogP contribution >= 0.6 is 0 Å². The number of carbonyl (C=O) groups is 8. The molecule has 0 radical (unpaired) electrons. The maximum absolute atomic E-state index is 14.9. The minimum Gasteiger partial charge on any atom is -0.504 e. The lowest BCUT2D eigenvalue weighted by atomic mass is 9.92. The van der Waals surface area contributed by atoms with Gasteiger partial charge in [-0.05, 0) is 72.8 Å². The molecular weight excluding hydrogens is 1520 g/mol. The maximum Gasteiger partial charge on any atom is 0.342 e. The van der Waals surface area contributed by atoms with E-state index in [1.807, 2.05) is 0 Å². The van der Waals surface area contributed by atoms with Gasteiger partial charge in [-0.3, -0.25) is 0 Å². The number of fused-ring (bicyclic) bond motifs is 4. The standard InChI is InChI=1S/C68H52O44/c69-14-37-49(90)55(107-59(94)16-1-24(70)41(82)25(71)2-16)57(67(104-37)111-62(97)19-7-30(76)44(85)31(77)8-19)110-66(101)23-13-35(81)48(89)52(93)53(23)103-36-10-20(9-32(78)45(36)86)63(98)112-68-58(109-61(96)18-5-28(74)43(84)29(75)6-18)56(108-60(95)17-3-26(72)42(83)27(73)4-17)54-38(105-68)15-102-64(99)21-11-33(79)46(87)50(91)39(21)40-22(65(100)106-54)12-34(80)47(88)51(40)92/h1-13,37-38,49,54-58,67-93H,14-15H2/t37-,38-,49-,54-,55+,56+,57-,58-,67+,68+/m1/s1. The molecule has 0 bridgehead atoms. The third kappa shape index (κ3) is 14.4. The number of hydrogen-bond acceptors (Lipinski definition) is 44. The van der Waals surface area contributed by atoms with Crippen LogP contribution in [0.5, 0.6) is 144 Å². The fourth-order valence-electron chi connectivity index (χ4n) is 11.2. The van der Waals surface area contributed by atoms with Crippen LogP contribution in [-0.4, -0.2) is 250 Å². The largest absolute Gasteiger partial charge is 0.504 e. The molecule has 0 saturated carbocycles. The normalized spacial score (nSPS) is 19.9. The van der Waals surface area contributed by atoms with Crippen molar-refractivity contribution in [2.24, 2.45) is 0 Å². The SMILES string of the molecule is O=C(O[C@@H]1O[C@@H]2COC(=O)c3cc(O)c(O)c(O)c3-c3c(cc(O)c(O)c3O)C(=O)O[C@H]2[C@H](OC(=O)c2cc(O)c(O)c(O)c2)[C@H]1OC(=O)c1cc(O)c(O)c(O)c1)c1cc(O)c(O)c(Oc2c(C(=O)O[C@H]3[C@H](OC(=O)c4cc(O)c(O)c(O)c4)O[C@H](CO)[C@@H](O)[C@@H]3OC(=O)c3cc(O)c(O)c(O)c3)cc(O)c(O)c2O)c1. The minimum absolute atomic E-state index is 0.195. The zero-order valence-electron chi connectivity index (χ0n) is 55.1. The lowest BCUT2D eigenvalue weighted by Crippen LogP contribution is -2.63. The van der Waals surface area contributed by atoms with Gasteiger partial charge in [0.1, 0.15) is 30.5 Å². The van der Waals surface area contributed by atoms with Gasteiger partial charge in [-0.1, -0.05) is 0 Å². The van der Waals surface area contributed by atoms with Crippen LogP contribution in [0.25, 0.3) is 11.1 Å². The molecule has 0 amide bonds. The van der Waals surface area contributed by atoms with Crippen molar-refractivity contribution in [3.63, 3.8) is 0 Å². The first-order chi connectivity index (χ1) is 52.7. The molecule has 3 aliphatic heterocycles. The van der Waals surface area contributed by atoms with Crippen molar-refractivity contribution < 1.29 is 218 Å². The number of phenols is 23. The number of esters is 8. The number of aliphatic hydroxyl groups is 2. The summed E-state index contributed by atoms with van der Waals surface area (Å²) in [5.74, 6) is -49.2. The molecule has 0 aliphatic carbocycles. The molecule has 3 aliphatic rings. The highest BCUT2D eigenvalue weighted by Crippen LogP contribution is 2.55. The van der Waals surface area contributed by atoms with Crippen molar-refractivity contribution in [2.75, 3.05) is 13.2 Å². The van der Waals surface area contributed by atoms with Gasteiger partial charge in [0.2, 0.25) is 53.5 Å². The predicted molar refractivity (Wildman–Crippen MR) is 346 cm³/mol. The third-order valence-electron chi connectivity index (χ3n) is 16.8. The summed E-state index contributed by atoms with van der Waals surface area (Å²) >= 11 is 0. The topological polar surface area (TPSA) is 744 Å². The molecule has 112 heavy (non-hydrogen) atoms. The molecule has 0 aromatic heterocycles. The van der Waals surface area contributed by atoms with Gasteiger partial charge in [0.25, 0.3) is 0 Å². The van der Waals surface area contributed by atoms with Crippen LogP contribution in [-0.2, 0) is 47.4 Å². The van der Waals surface area contributed by atoms with E-state index in [1.165, 1.54) is 0 Å². The minimum atomic E-state index is -2.92. The van der Waals surface area contributed by atoms with Crippen molar-refractivity contribution in [3.05, 3.63) is 123 Å². The Kier molecular flexibility index (Phi) is 20.6. The van der Waals surface area contributed by atoms with Gasteiger partial charge in [-0.25, -0.2) is 38.4 Å². The molecule has 44 nitrogen and oxygen atoms in total. The molecule has 0 unspecified atom stereocenters. The second-order valence-corrected chi connectivity index (χ2v) is 23.9. The highest BCUT2D eigenvalue weighted by Gasteiger charge is 2.57. The number of ether oxygens (including phenoxy) is 11. The fraction of sp³-hybridized carbons (Fsp3) is 0.176. The summed E-state index contributed by atoms with van der Waals surface area (Å²) in [6.07, 6.45) is -26.2. The molecule has 2 saturated heterocycles. The molecule has 25 N–H and O–H groups in total. The Morgan fingerprint density at radius 2 is 0.679 bits per heavy atom. The lowest BCUT2D eigenvalue weighted by Gasteiger charge is -2.43. The van der Waals surface area contributed by atoms with Gasteiger partial charge in [0.15, 0.2) is 133 Å². The molecule has 8 aromatic carbocycles. The summed E-state index contributed by atoms with van der Waals surface area (Å²) in [4.78, 5) is 115. The number of rotatable bonds is 15. The van der Waals surface area contributed by atoms with E-state index in [4.69, 9.17) is 52.1 Å². The van der Waals surface area contributed by atoms with Gasteiger partial charge < -0.3 is 180 Å². The summed E-state index contributed by atoms with van der Waals surface area (Å²) in [6, 6.07) is 5.14. The first-order valence-electron chi connectivity index (χ1n) is 31.0. The smallest absolute Gasteiger partial charge is 0.342 e. The Bertz CT molecular complexity index is 5190. The Labute approximate surface area is 617 Å². The number of phenolic OH excluding ortho intramolecular Hbond substituents is 23. The van der Waals surface area contributed by atoms with E-state index >= 15 is 0 Å². The monoisotopic (exact) mass is 1570 g/mol. The van der Waals surface area contributed by atoms with E-state index < -0.39 is 322 Å². The average Bonchev–Trinajstić information content (AvgIpc) is 1.23. The van der Waals surface area contributed by atoms with Crippen LogP contribution in [0.4, 0.5) is 0 Å². The summed E-state index contributed by atoms with van der Waals surface area (Å²) in [6.45, 7) is -2.79. The zero-order valence-corrected chi connectivity index (χ0v) is 55.1. The summed E-state index contributed by atoms with van der Waals surface area (Å²) in [7, 11) is 0. The predicted octanol–water partition coefficient (Wildman–Crippen LogP) is 1.79. The van der Waals surface area contributed by atoms with E-state index in [2.05, 4.69) is 0 Å². The van der Waals surface area contributed by atoms with Gasteiger partial charge in [0.05, 0.1) is 45.6 Å². The molecule has 11 rings (SSSR count). The van der Waals surface area contributed by atoms with Crippen molar-refractivity contribution in [1.29, 1.82) is 0 Å². The summed E-state index contributed by atoms with van der Waals surface area (Å²) in [5.41, 5.74) is -11.1. The molecular formula is C68H52O44. The average molecular weight is 1570 g/mol. The Hall–Kier alpha value is -15.4. The Balaban J connectivity index is 1.01. The van der Waals surface area contributed by atoms with E-state index in [1.54, 1.807) is 0 Å². The molecule has 44 heteroatoms. The molecule has 8 aromatic rings. The van der Waals surface area contributed by atoms with Crippen LogP contribution in [0.3, 0.4) is 0 Å². The van der Waals surface area contributed by atoms with Gasteiger partial charge in [-0.2, -0.15) is 0 Å². The van der Waals surface area contributed by atoms with Crippen LogP contribution < -0.4 is 4.74 Å². The highest BCUT2D eigenvalue weighted by molar-refractivity contribution is 6.09. The molecule has 588 valence electrons. The molecule has 2 fully saturated rings. The number of aliphatic hydroxyl groups excluding tert-OH is 2. The van der Waals surface area contributed by atoms with Crippen molar-refractivity contribution in [1.82, 2.24) is 0 Å². The summed E-state index contributed by atoms with van der Waals surface area (Å²) < 4.78 is 61.5. The van der Waals surface area contributed by atoms with Crippen LogP contribution in [0.2, 0.25) is 0 Å². The van der Waals surface area contributed by atoms with Crippen molar-refractivity contribution in [2.45, 2.75) is 61.4 Å². The fourth-order valence-corrected chi connectivity index (χ4v) is 11.2. The van der Waals surface area contributed by atoms with Crippen LogP contribution in [0, 0.1) is 0 Å². The van der Waals surface area contributed by atoms with E-state index in [0.717, 1.165) is 0 Å². The van der Waals surface area contributed by atoms with Gasteiger partial charge in [0, 0.05) is 17.2 Å². The molecule has 3 heterocycles. The molecule has 0 spiro atoms. The third-order valence-corrected chi connectivity index (χ3v) is 16.8. The van der Waals surface area contributed by atoms with E-state index in [9.17, 15) is 166 Å². The van der Waals surface area contributed by atoms with E-state index in [-0.39, 0.29) is 6.07 Å². The number of aromatic hydroxyl groups is 23. The summed E-state index contributed by atoms with van der Waals surface area (Å²) in [5, 5.41) is 266. The Morgan fingerprint density at radius 3 is 1.11 bits per heavy atom. The number of benzene rings is 8. The maximum atomic E-state index is 14.9. The number of hydrogen-bond donors (Lipinski definition) is 25. The van der Waals surface area contributed by atoms with Crippen LogP contribution in [0.15, 0.2) is 78.9 Å². The number of carbonyl (C=O) groups excluding carboxylic acids is 8. The van der Waals surface area contributed by atoms with Crippen molar-refractivity contribution >= 4 is 47.8 Å². The van der Waals surface area contributed by atoms with Gasteiger partial charge >= 0.3 is 47.8 Å². The Morgan fingerprint density at radius 1 is 0.348 bits per heavy atom. The molecule has 10 atom stereocenters. The van der Waals surface area contributed by atoms with Gasteiger partial charge in [-0.15, -0.1) is 0 Å². The lowest BCUT2D eigenvalue weighted by molar-refractivity contribution is -0.283. The second-order valence-electron chi connectivity index (χ2n) is 23.9. The zero-order chi connectivity index (χ0) is 82.0. The first kappa shape index (κ1) is 77.7. The quantitative estimate of drug-likeness (QED) is 0.0395. The number of cyclic esters (lactones) is 1. The van der Waals surface area contributed by atoms with Crippen molar-refractivity contribution in [3.8, 4) is 155 Å². The van der Waals surface area contributed by atoms with Crippen LogP contribution in [0.1, 0.15) is 82.9 Å². The second kappa shape index (κ2) is 29.7. The first-order valence-corrected chi connectivity index (χ1v) is 31.0.